The van der Waals surface area contributed by atoms with Gasteiger partial charge in [0.25, 0.3) is 0 Å². The maximum absolute atomic E-state index is 2.45. The average molecular weight is 824 g/mol. The molecule has 0 amide bonds. The van der Waals surface area contributed by atoms with Crippen LogP contribution in [0.4, 0.5) is 17.1 Å². The van der Waals surface area contributed by atoms with Crippen molar-refractivity contribution >= 4 is 64.9 Å². The highest BCUT2D eigenvalue weighted by atomic mass is 32.1. The summed E-state index contributed by atoms with van der Waals surface area (Å²) in [7, 11) is 0. The van der Waals surface area contributed by atoms with E-state index < -0.39 is 0 Å². The van der Waals surface area contributed by atoms with Crippen molar-refractivity contribution in [3.63, 3.8) is 0 Å². The number of fused-ring (bicyclic) bond motifs is 6. The third kappa shape index (κ3) is 6.36. The maximum atomic E-state index is 2.45. The van der Waals surface area contributed by atoms with E-state index in [-0.39, 0.29) is 5.41 Å². The summed E-state index contributed by atoms with van der Waals surface area (Å²) in [5.41, 5.74) is 19.2. The fraction of sp³-hybridized carbons (Fsp3) is 0.0820. The standard InChI is InChI=1S/C61H45NS/c1-61(2)55-20-7-5-16-52(55)53-19-10-18-51(60(53)61)44-32-36-50(37-33-44)62(56-21-11-23-58-59(56)54-17-6-8-22-57(54)63-58)49-34-30-42(31-35-49)41-24-26-43(27-25-41)46-14-9-15-47(38-46)48-29-28-40-12-3-4-13-45(40)39-48/h3-6,8-19,21-39H,7,20H2,1-2H3. The maximum Gasteiger partial charge on any atom is 0.0554 e. The molecule has 2 aliphatic rings. The number of anilines is 3. The Morgan fingerprint density at radius 2 is 1.03 bits per heavy atom. The summed E-state index contributed by atoms with van der Waals surface area (Å²) in [4.78, 5) is 2.45. The summed E-state index contributed by atoms with van der Waals surface area (Å²) in [6, 6.07) is 74.1. The summed E-state index contributed by atoms with van der Waals surface area (Å²) in [5, 5.41) is 5.11. The zero-order valence-electron chi connectivity index (χ0n) is 35.5. The van der Waals surface area contributed by atoms with Gasteiger partial charge in [0.05, 0.1) is 5.69 Å². The van der Waals surface area contributed by atoms with Crippen molar-refractivity contribution in [2.24, 2.45) is 0 Å². The third-order valence-electron chi connectivity index (χ3n) is 13.6. The number of hydrogen-bond acceptors (Lipinski definition) is 2. The smallest absolute Gasteiger partial charge is 0.0554 e. The largest absolute Gasteiger partial charge is 0.310 e. The Morgan fingerprint density at radius 1 is 0.460 bits per heavy atom. The molecule has 2 heteroatoms. The molecule has 0 saturated heterocycles. The van der Waals surface area contributed by atoms with Gasteiger partial charge in [-0.1, -0.05) is 177 Å². The van der Waals surface area contributed by atoms with Crippen molar-refractivity contribution < 1.29 is 0 Å². The highest BCUT2D eigenvalue weighted by molar-refractivity contribution is 7.26. The van der Waals surface area contributed by atoms with Crippen LogP contribution in [0.1, 0.15) is 37.8 Å². The van der Waals surface area contributed by atoms with Gasteiger partial charge < -0.3 is 4.90 Å². The van der Waals surface area contributed by atoms with Gasteiger partial charge in [0.2, 0.25) is 0 Å². The summed E-state index contributed by atoms with van der Waals surface area (Å²) >= 11 is 1.87. The first-order valence-corrected chi connectivity index (χ1v) is 22.9. The highest BCUT2D eigenvalue weighted by Gasteiger charge is 2.39. The molecule has 1 nitrogen and oxygen atoms in total. The third-order valence-corrected chi connectivity index (χ3v) is 14.7. The number of hydrogen-bond donors (Lipinski definition) is 0. The van der Waals surface area contributed by atoms with Crippen LogP contribution in [0.3, 0.4) is 0 Å². The second-order valence-electron chi connectivity index (χ2n) is 17.6. The molecule has 1 aromatic heterocycles. The van der Waals surface area contributed by atoms with Crippen LogP contribution >= 0.6 is 11.3 Å². The van der Waals surface area contributed by atoms with Gasteiger partial charge in [-0.3, -0.25) is 0 Å². The van der Waals surface area contributed by atoms with E-state index in [1.54, 1.807) is 5.57 Å². The van der Waals surface area contributed by atoms with Crippen LogP contribution in [0.2, 0.25) is 0 Å². The number of benzene rings is 9. The van der Waals surface area contributed by atoms with Crippen LogP contribution in [0, 0.1) is 0 Å². The van der Waals surface area contributed by atoms with E-state index in [0.717, 1.165) is 24.2 Å². The van der Waals surface area contributed by atoms with E-state index in [9.17, 15) is 0 Å². The van der Waals surface area contributed by atoms with Crippen LogP contribution in [-0.4, -0.2) is 0 Å². The Morgan fingerprint density at radius 3 is 1.81 bits per heavy atom. The molecule has 300 valence electrons. The van der Waals surface area contributed by atoms with Crippen LogP contribution in [0.15, 0.2) is 218 Å². The first-order chi connectivity index (χ1) is 31.0. The van der Waals surface area contributed by atoms with Gasteiger partial charge in [0.1, 0.15) is 0 Å². The van der Waals surface area contributed by atoms with Crippen molar-refractivity contribution in [3.8, 4) is 44.5 Å². The SMILES string of the molecule is CC1(C)C2=C(C=CCC2)c2cccc(-c3ccc(N(c4ccc(-c5ccc(-c6cccc(-c7ccc8ccccc8c7)c6)cc5)cc4)c4cccc5sc6ccccc6c45)cc3)c21. The van der Waals surface area contributed by atoms with Gasteiger partial charge in [0, 0.05) is 37.0 Å². The van der Waals surface area contributed by atoms with Crippen LogP contribution in [0.25, 0.3) is 81.0 Å². The molecule has 0 radical (unpaired) electrons. The van der Waals surface area contributed by atoms with E-state index >= 15 is 0 Å². The van der Waals surface area contributed by atoms with Gasteiger partial charge in [-0.15, -0.1) is 11.3 Å². The van der Waals surface area contributed by atoms with Crippen molar-refractivity contribution in [1.82, 2.24) is 0 Å². The molecular weight excluding hydrogens is 779 g/mol. The number of rotatable bonds is 7. The molecule has 0 spiro atoms. The zero-order chi connectivity index (χ0) is 42.1. The molecule has 0 aliphatic heterocycles. The van der Waals surface area contributed by atoms with Crippen LogP contribution in [-0.2, 0) is 5.41 Å². The fourth-order valence-corrected chi connectivity index (χ4v) is 11.6. The van der Waals surface area contributed by atoms with E-state index in [4.69, 9.17) is 0 Å². The second-order valence-corrected chi connectivity index (χ2v) is 18.7. The molecule has 0 bridgehead atoms. The quantitative estimate of drug-likeness (QED) is 0.155. The van der Waals surface area contributed by atoms with Crippen molar-refractivity contribution in [2.45, 2.75) is 32.1 Å². The second kappa shape index (κ2) is 15.0. The summed E-state index contributed by atoms with van der Waals surface area (Å²) in [5.74, 6) is 0. The Balaban J connectivity index is 0.893. The normalized spacial score (nSPS) is 14.1. The Kier molecular flexibility index (Phi) is 8.91. The van der Waals surface area contributed by atoms with Crippen LogP contribution in [0.5, 0.6) is 0 Å². The molecule has 63 heavy (non-hydrogen) atoms. The molecule has 0 atom stereocenters. The lowest BCUT2D eigenvalue weighted by molar-refractivity contribution is 0.609. The van der Waals surface area contributed by atoms with E-state index in [1.807, 2.05) is 11.3 Å². The Labute approximate surface area is 373 Å². The molecule has 10 aromatic rings. The molecule has 0 saturated carbocycles. The molecule has 0 N–H and O–H groups in total. The predicted molar refractivity (Wildman–Crippen MR) is 272 cm³/mol. The first kappa shape index (κ1) is 37.5. The van der Waals surface area contributed by atoms with Crippen LogP contribution < -0.4 is 4.90 Å². The fourth-order valence-electron chi connectivity index (χ4n) is 10.5. The highest BCUT2D eigenvalue weighted by Crippen LogP contribution is 2.53. The van der Waals surface area contributed by atoms with Crippen molar-refractivity contribution in [3.05, 3.63) is 229 Å². The van der Waals surface area contributed by atoms with Crippen molar-refractivity contribution in [2.75, 3.05) is 4.90 Å². The molecule has 1 heterocycles. The summed E-state index contributed by atoms with van der Waals surface area (Å²) in [6.07, 6.45) is 6.96. The predicted octanol–water partition coefficient (Wildman–Crippen LogP) is 17.7. The van der Waals surface area contributed by atoms with Gasteiger partial charge in [-0.05, 0) is 139 Å². The summed E-state index contributed by atoms with van der Waals surface area (Å²) < 4.78 is 2.60. The topological polar surface area (TPSA) is 3.24 Å². The summed E-state index contributed by atoms with van der Waals surface area (Å²) in [6.45, 7) is 4.84. The lowest BCUT2D eigenvalue weighted by Gasteiger charge is -2.28. The molecule has 0 fully saturated rings. The molecule has 12 rings (SSSR count). The number of thiophene rings is 1. The van der Waals surface area contributed by atoms with Gasteiger partial charge in [-0.2, -0.15) is 0 Å². The zero-order valence-corrected chi connectivity index (χ0v) is 36.3. The van der Waals surface area contributed by atoms with Gasteiger partial charge in [0.15, 0.2) is 0 Å². The lowest BCUT2D eigenvalue weighted by Crippen LogP contribution is -2.19. The molecule has 0 unspecified atom stereocenters. The van der Waals surface area contributed by atoms with Gasteiger partial charge >= 0.3 is 0 Å². The average Bonchev–Trinajstić information content (AvgIpc) is 3.84. The lowest BCUT2D eigenvalue weighted by atomic mass is 9.76. The monoisotopic (exact) mass is 823 g/mol. The molecule has 2 aliphatic carbocycles. The molecular formula is C61H45NS. The van der Waals surface area contributed by atoms with E-state index in [0.29, 0.717) is 0 Å². The van der Waals surface area contributed by atoms with Crippen molar-refractivity contribution in [1.29, 1.82) is 0 Å². The first-order valence-electron chi connectivity index (χ1n) is 22.1. The molecule has 9 aromatic carbocycles. The van der Waals surface area contributed by atoms with E-state index in [1.165, 1.54) is 97.8 Å². The minimum absolute atomic E-state index is 0.00203. The minimum atomic E-state index is -0.00203. The van der Waals surface area contributed by atoms with Gasteiger partial charge in [-0.25, -0.2) is 0 Å². The van der Waals surface area contributed by atoms with E-state index in [2.05, 4.69) is 231 Å². The number of allylic oxidation sites excluding steroid dienone is 4. The Hall–Kier alpha value is -7.26. The minimum Gasteiger partial charge on any atom is -0.310 e. The Bertz CT molecular complexity index is 3450. The number of nitrogens with zero attached hydrogens (tertiary/aromatic N) is 1.